The van der Waals surface area contributed by atoms with Crippen LogP contribution in [0.25, 0.3) is 33.2 Å². The largest absolute Gasteiger partial charge is 0.508 e. The summed E-state index contributed by atoms with van der Waals surface area (Å²) in [4.78, 5) is 153. The molecule has 0 fully saturated rings. The summed E-state index contributed by atoms with van der Waals surface area (Å²) < 4.78 is 12.6. The van der Waals surface area contributed by atoms with Crippen LogP contribution in [0.4, 0.5) is 0 Å². The lowest BCUT2D eigenvalue weighted by Crippen LogP contribution is -2.57. The fourth-order valence-corrected chi connectivity index (χ4v) is 13.9. The Morgan fingerprint density at radius 3 is 1.80 bits per heavy atom. The van der Waals surface area contributed by atoms with Gasteiger partial charge >= 0.3 is 5.97 Å². The first-order valence-corrected chi connectivity index (χ1v) is 34.3. The van der Waals surface area contributed by atoms with Crippen molar-refractivity contribution in [2.75, 3.05) is 0 Å². The van der Waals surface area contributed by atoms with E-state index in [4.69, 9.17) is 9.47 Å². The molecule has 9 amide bonds. The van der Waals surface area contributed by atoms with Crippen LogP contribution in [0.5, 0.6) is 74.7 Å². The van der Waals surface area contributed by atoms with E-state index in [9.17, 15) is 65.4 Å². The second kappa shape index (κ2) is 29.4. The van der Waals surface area contributed by atoms with Gasteiger partial charge in [0.25, 0.3) is 0 Å². The summed E-state index contributed by atoms with van der Waals surface area (Å²) in [5.74, 6) is -18.0. The van der Waals surface area contributed by atoms with Gasteiger partial charge < -0.3 is 113 Å². The van der Waals surface area contributed by atoms with Crippen molar-refractivity contribution in [2.24, 2.45) is 0 Å². The van der Waals surface area contributed by atoms with E-state index in [2.05, 4.69) is 52.8 Å². The number of benzene rings is 9. The van der Waals surface area contributed by atoms with Crippen molar-refractivity contribution in [1.29, 1.82) is 0 Å². The summed E-state index contributed by atoms with van der Waals surface area (Å²) >= 11 is 0. The van der Waals surface area contributed by atoms with Gasteiger partial charge in [-0.15, -0.1) is 0 Å². The van der Waals surface area contributed by atoms with Crippen LogP contribution in [-0.4, -0.2) is 133 Å². The second-order valence-corrected chi connectivity index (χ2v) is 27.0. The monoisotopic (exact) mass is 1510 g/mol. The molecule has 16 rings (SSSR count). The molecule has 0 unspecified atom stereocenters. The summed E-state index contributed by atoms with van der Waals surface area (Å²) in [6.07, 6.45) is 0.104. The maximum atomic E-state index is 16.1. The van der Waals surface area contributed by atoms with Crippen molar-refractivity contribution >= 4 is 70.0 Å². The third-order valence-electron chi connectivity index (χ3n) is 19.3. The highest BCUT2D eigenvalue weighted by Crippen LogP contribution is 2.47. The molecule has 0 aliphatic carbocycles. The number of phenolic OH excluding ortho intramolecular Hbond substituents is 9. The predicted octanol–water partition coefficient (Wildman–Crippen LogP) is 5.42. The average molecular weight is 1510 g/mol. The number of amides is 9. The van der Waals surface area contributed by atoms with Gasteiger partial charge in [0.15, 0.2) is 29.0 Å². The van der Waals surface area contributed by atoms with E-state index >= 15 is 33.6 Å². The minimum absolute atomic E-state index is 0.0121. The van der Waals surface area contributed by atoms with E-state index in [1.54, 1.807) is 18.2 Å². The van der Waals surface area contributed by atoms with Gasteiger partial charge in [0.2, 0.25) is 53.2 Å². The molecule has 6 aliphatic rings. The van der Waals surface area contributed by atoms with E-state index in [0.29, 0.717) is 22.0 Å². The molecule has 10 aromatic rings. The van der Waals surface area contributed by atoms with E-state index in [-0.39, 0.29) is 73.1 Å². The number of aromatic nitrogens is 1. The first-order chi connectivity index (χ1) is 53.0. The van der Waals surface area contributed by atoms with E-state index in [1.807, 2.05) is 0 Å². The molecule has 111 heavy (non-hydrogen) atoms. The summed E-state index contributed by atoms with van der Waals surface area (Å²) in [6, 6.07) is 16.3. The minimum Gasteiger partial charge on any atom is -0.508 e. The number of aliphatic carboxylic acids is 1. The lowest BCUT2D eigenvalue weighted by Gasteiger charge is -2.30. The molecule has 7 heterocycles. The highest BCUT2D eigenvalue weighted by Gasteiger charge is 2.41. The fraction of sp³-hybridized carbons (Fsp3) is 0.165. The second-order valence-electron chi connectivity index (χ2n) is 27.0. The zero-order valence-corrected chi connectivity index (χ0v) is 57.9. The van der Waals surface area contributed by atoms with Crippen LogP contribution in [0.15, 0.2) is 170 Å². The number of ether oxygens (including phenoxy) is 2. The highest BCUT2D eigenvalue weighted by molar-refractivity contribution is 6.02. The van der Waals surface area contributed by atoms with Gasteiger partial charge in [0, 0.05) is 78.2 Å². The Kier molecular flexibility index (Phi) is 19.3. The summed E-state index contributed by atoms with van der Waals surface area (Å²) in [7, 11) is 0. The fourth-order valence-electron chi connectivity index (χ4n) is 13.9. The Labute approximate surface area is 626 Å². The third kappa shape index (κ3) is 15.1. The minimum atomic E-state index is -2.18. The van der Waals surface area contributed by atoms with Crippen LogP contribution in [-0.2, 0) is 67.2 Å². The number of aromatic hydroxyl groups is 9. The molecular weight excluding hydrogens is 1440 g/mol. The van der Waals surface area contributed by atoms with Crippen molar-refractivity contribution in [3.8, 4) is 97.0 Å². The van der Waals surface area contributed by atoms with E-state index < -0.39 is 196 Å². The maximum absolute atomic E-state index is 16.1. The quantitative estimate of drug-likeness (QED) is 0.0902. The number of carbonyl (C=O) groups excluding carboxylic acids is 9. The Morgan fingerprint density at radius 1 is 0.459 bits per heavy atom. The molecule has 32 nitrogen and oxygen atoms in total. The molecule has 32 heteroatoms. The zero-order chi connectivity index (χ0) is 78.5. The standard InChI is InChI=1S/C79H66N10O22/c1-33(90)81-64(36-5-9-43(91)10-6-36)76(105)86-66-40-21-46(94)29-49(22-40)111-61-26-38(8-15-59(61)97)65-77(106)87-67-41-23-51(37-7-13-50-42(32-80-54(50)24-37)25-57(73(102)85-65)84-74(66)103)70(99)62(27-41)110-48-11-2-34(3-12-48)17-55-72(101)89-69(78(107)88-68(79(108)109)39-19-44(92)28-45(93)20-39)53-30-47(95)31-60(98)63(53)52-16-35(4-14-58(52)96)18-56(71(100)82-55)83-75(67)104/h2-16,19-24,26-32,55-57,64-69,80,91-99H,17-18,25H2,1H3,(H,81,90)(H,82,100)(H,83,104)(H,84,103)(H,85,102)(H,86,105)(H,87,106)(H,88,107)(H,89,101)(H,108,109)/t55-,56+,57+,64-,65+,66-,67+,68-,69-/m0/s1. The molecule has 0 saturated heterocycles. The number of hydrogen-bond donors (Lipinski definition) is 20. The van der Waals surface area contributed by atoms with E-state index in [0.717, 1.165) is 67.6 Å². The van der Waals surface area contributed by atoms with Crippen molar-refractivity contribution < 1.29 is 108 Å². The molecule has 1 aromatic heterocycles. The summed E-state index contributed by atoms with van der Waals surface area (Å²) in [6.45, 7) is 1.14. The van der Waals surface area contributed by atoms with Crippen LogP contribution >= 0.6 is 0 Å². The molecular formula is C79H66N10O22. The number of H-pyrrole nitrogens is 1. The van der Waals surface area contributed by atoms with Crippen molar-refractivity contribution in [3.63, 3.8) is 0 Å². The summed E-state index contributed by atoms with van der Waals surface area (Å²) in [5, 5.41) is 136. The molecule has 0 spiro atoms. The van der Waals surface area contributed by atoms with Crippen molar-refractivity contribution in [1.82, 2.24) is 52.8 Å². The Morgan fingerprint density at radius 2 is 1.07 bits per heavy atom. The zero-order valence-electron chi connectivity index (χ0n) is 57.9. The molecule has 0 radical (unpaired) electrons. The normalized spacial score (nSPS) is 19.4. The van der Waals surface area contributed by atoms with Gasteiger partial charge in [-0.3, -0.25) is 43.2 Å². The predicted molar refractivity (Wildman–Crippen MR) is 388 cm³/mol. The molecule has 0 saturated carbocycles. The van der Waals surface area contributed by atoms with E-state index in [1.165, 1.54) is 91.1 Å². The number of fused-ring (bicyclic) bond motifs is 13. The number of phenols is 9. The molecule has 20 N–H and O–H groups in total. The van der Waals surface area contributed by atoms with Gasteiger partial charge in [-0.25, -0.2) is 4.79 Å². The lowest BCUT2D eigenvalue weighted by atomic mass is 9.90. The van der Waals surface area contributed by atoms with Gasteiger partial charge in [0.1, 0.15) is 100 Å². The van der Waals surface area contributed by atoms with Crippen molar-refractivity contribution in [2.45, 2.75) is 80.6 Å². The topological polar surface area (TPSA) is 516 Å². The van der Waals surface area contributed by atoms with Crippen LogP contribution in [0.1, 0.15) is 93.2 Å². The number of aromatic amines is 1. The van der Waals surface area contributed by atoms with Crippen LogP contribution < -0.4 is 57.3 Å². The average Bonchev–Trinajstić information content (AvgIpc) is 1.55. The molecule has 9 atom stereocenters. The Bertz CT molecular complexity index is 5530. The smallest absolute Gasteiger partial charge is 0.330 e. The first-order valence-electron chi connectivity index (χ1n) is 34.3. The van der Waals surface area contributed by atoms with Crippen LogP contribution in [0.2, 0.25) is 0 Å². The third-order valence-corrected chi connectivity index (χ3v) is 19.3. The molecule has 564 valence electrons. The highest BCUT2D eigenvalue weighted by atomic mass is 16.5. The maximum Gasteiger partial charge on any atom is 0.330 e. The van der Waals surface area contributed by atoms with Gasteiger partial charge in [-0.05, 0) is 153 Å². The van der Waals surface area contributed by atoms with Crippen LogP contribution in [0.3, 0.4) is 0 Å². The van der Waals surface area contributed by atoms with Gasteiger partial charge in [-0.1, -0.05) is 48.5 Å². The van der Waals surface area contributed by atoms with Gasteiger partial charge in [0.05, 0.1) is 0 Å². The lowest BCUT2D eigenvalue weighted by molar-refractivity contribution is -0.142. The molecule has 9 aromatic carbocycles. The summed E-state index contributed by atoms with van der Waals surface area (Å²) in [5.41, 5.74) is -0.577. The Hall–Kier alpha value is -15.0. The number of carboxylic acids is 1. The number of hydrogen-bond acceptors (Lipinski definition) is 21. The molecule has 6 aliphatic heterocycles. The van der Waals surface area contributed by atoms with Gasteiger partial charge in [-0.2, -0.15) is 0 Å². The SMILES string of the molecule is CC(=O)N[C@H](C(=O)N[C@@H]1C(=O)N[C@@H]2Cc3c[nH]c4cc(ccc34)-c3cc4cc(c3O)Oc3ccc(cc3)C[C@@H]3NC(=O)[C@@H](Cc5ccc(O)c(c5)-c5c(O)cc(O)cc5[C@@H](C(=O)N[C@H](C(=O)O)c5cc(O)cc(O)c5)NC3=O)NC(=O)[C@@H]4NC(=O)[C@H](NC2=O)c2ccc(O)c(c2)Oc2cc(O)cc1c2)c1ccc(O)cc1. The number of carbonyl (C=O) groups is 10. The number of carboxylic acid groups (broad SMARTS) is 1. The van der Waals surface area contributed by atoms with Crippen LogP contribution in [0, 0.1) is 0 Å². The first kappa shape index (κ1) is 72.9. The number of rotatable bonds is 8. The van der Waals surface area contributed by atoms with Crippen molar-refractivity contribution in [3.05, 3.63) is 220 Å². The molecule has 19 bridgehead atoms. The number of nitrogens with one attached hydrogen (secondary N) is 10. The Balaban J connectivity index is 0.907.